The molecule has 2 heterocycles. The number of piperazine rings is 1. The Balaban J connectivity index is 1.23. The molecule has 2 aromatic carbocycles. The van der Waals surface area contributed by atoms with E-state index in [1.165, 1.54) is 28.6 Å². The van der Waals surface area contributed by atoms with E-state index in [2.05, 4.69) is 14.3 Å². The normalized spacial score (nSPS) is 16.0. The molecule has 1 saturated heterocycles. The van der Waals surface area contributed by atoms with E-state index in [4.69, 9.17) is 4.74 Å². The topological polar surface area (TPSA) is 62.9 Å². The monoisotopic (exact) mass is 415 g/mol. The van der Waals surface area contributed by atoms with Crippen LogP contribution in [0.5, 0.6) is 5.75 Å². The minimum Gasteiger partial charge on any atom is -0.491 e. The van der Waals surface area contributed by atoms with Gasteiger partial charge in [-0.2, -0.15) is 9.36 Å². The van der Waals surface area contributed by atoms with Gasteiger partial charge in [0.05, 0.1) is 26.2 Å². The standard InChI is InChI=1S/C21H23FN4O2S/c22-17-6-8-19(9-7-17)28-15-18(27)14-25-10-12-26(13-11-25)21-23-20(24-29-21)16-4-2-1-3-5-16/h1-9,18,27H,10-15H2/p+1/t18-/m0/s1. The number of hydrogen-bond donors (Lipinski definition) is 2. The average molecular weight is 416 g/mol. The minimum atomic E-state index is -0.562. The highest BCUT2D eigenvalue weighted by atomic mass is 32.1. The van der Waals surface area contributed by atoms with E-state index >= 15 is 0 Å². The van der Waals surface area contributed by atoms with E-state index in [0.29, 0.717) is 12.3 Å². The van der Waals surface area contributed by atoms with Crippen LogP contribution in [0.15, 0.2) is 54.6 Å². The van der Waals surface area contributed by atoms with Crippen LogP contribution >= 0.6 is 11.5 Å². The first-order valence-electron chi connectivity index (χ1n) is 9.71. The van der Waals surface area contributed by atoms with Crippen LogP contribution in [0.4, 0.5) is 9.52 Å². The molecule has 0 spiro atoms. The lowest BCUT2D eigenvalue weighted by molar-refractivity contribution is -0.903. The number of anilines is 1. The van der Waals surface area contributed by atoms with Crippen LogP contribution in [0.1, 0.15) is 0 Å². The molecule has 1 aromatic heterocycles. The van der Waals surface area contributed by atoms with E-state index in [-0.39, 0.29) is 12.4 Å². The predicted molar refractivity (Wildman–Crippen MR) is 111 cm³/mol. The zero-order valence-corrected chi connectivity index (χ0v) is 16.8. The second-order valence-electron chi connectivity index (χ2n) is 7.13. The predicted octanol–water partition coefficient (Wildman–Crippen LogP) is 1.49. The summed E-state index contributed by atoms with van der Waals surface area (Å²) in [4.78, 5) is 8.28. The van der Waals surface area contributed by atoms with Gasteiger partial charge in [0.2, 0.25) is 5.13 Å². The summed E-state index contributed by atoms with van der Waals surface area (Å²) in [5, 5.41) is 11.2. The molecule has 0 unspecified atom stereocenters. The average Bonchev–Trinajstić information content (AvgIpc) is 3.25. The third-order valence-corrected chi connectivity index (χ3v) is 5.75. The van der Waals surface area contributed by atoms with E-state index in [1.807, 2.05) is 30.3 Å². The molecule has 0 saturated carbocycles. The van der Waals surface area contributed by atoms with Crippen molar-refractivity contribution in [1.82, 2.24) is 9.36 Å². The number of nitrogens with zero attached hydrogens (tertiary/aromatic N) is 3. The number of nitrogens with one attached hydrogen (secondary N) is 1. The second-order valence-corrected chi connectivity index (χ2v) is 7.86. The molecule has 1 aliphatic rings. The van der Waals surface area contributed by atoms with Crippen LogP contribution in [0, 0.1) is 5.82 Å². The molecule has 29 heavy (non-hydrogen) atoms. The number of hydrogen-bond acceptors (Lipinski definition) is 6. The summed E-state index contributed by atoms with van der Waals surface area (Å²) in [6, 6.07) is 15.8. The highest BCUT2D eigenvalue weighted by Gasteiger charge is 2.25. The second kappa shape index (κ2) is 9.30. The third kappa shape index (κ3) is 5.29. The summed E-state index contributed by atoms with van der Waals surface area (Å²) < 4.78 is 22.9. The molecule has 1 fully saturated rings. The molecule has 0 aliphatic carbocycles. The number of halogens is 1. The summed E-state index contributed by atoms with van der Waals surface area (Å²) in [5.74, 6) is 1.04. The van der Waals surface area contributed by atoms with Gasteiger partial charge in [-0.25, -0.2) is 4.39 Å². The van der Waals surface area contributed by atoms with E-state index in [9.17, 15) is 9.50 Å². The number of ether oxygens (including phenoxy) is 1. The van der Waals surface area contributed by atoms with Gasteiger partial charge in [-0.15, -0.1) is 0 Å². The van der Waals surface area contributed by atoms with Crippen LogP contribution in [0.2, 0.25) is 0 Å². The number of aliphatic hydroxyl groups excluding tert-OH is 1. The highest BCUT2D eigenvalue weighted by molar-refractivity contribution is 7.09. The number of aliphatic hydroxyl groups is 1. The summed E-state index contributed by atoms with van der Waals surface area (Å²) in [6.45, 7) is 4.44. The summed E-state index contributed by atoms with van der Waals surface area (Å²) in [6.07, 6.45) is -0.562. The van der Waals surface area contributed by atoms with Gasteiger partial charge < -0.3 is 19.6 Å². The van der Waals surface area contributed by atoms with Crippen molar-refractivity contribution < 1.29 is 19.1 Å². The van der Waals surface area contributed by atoms with Crippen LogP contribution in [0.3, 0.4) is 0 Å². The van der Waals surface area contributed by atoms with Crippen molar-refractivity contribution in [3.05, 3.63) is 60.4 Å². The van der Waals surface area contributed by atoms with Crippen LogP contribution in [0.25, 0.3) is 11.4 Å². The van der Waals surface area contributed by atoms with Gasteiger partial charge >= 0.3 is 0 Å². The molecule has 1 atom stereocenters. The Morgan fingerprint density at radius 1 is 1.10 bits per heavy atom. The van der Waals surface area contributed by atoms with E-state index in [1.54, 1.807) is 12.1 Å². The molecular weight excluding hydrogens is 391 g/mol. The Hall–Kier alpha value is -2.55. The Morgan fingerprint density at radius 2 is 1.83 bits per heavy atom. The minimum absolute atomic E-state index is 0.204. The molecule has 4 rings (SSSR count). The van der Waals surface area contributed by atoms with Crippen molar-refractivity contribution in [2.75, 3.05) is 44.2 Å². The quantitative estimate of drug-likeness (QED) is 0.612. The van der Waals surface area contributed by atoms with Crippen LogP contribution in [-0.4, -0.2) is 59.9 Å². The first-order valence-corrected chi connectivity index (χ1v) is 10.5. The molecule has 0 bridgehead atoms. The van der Waals surface area contributed by atoms with Gasteiger partial charge in [-0.05, 0) is 24.3 Å². The van der Waals surface area contributed by atoms with Crippen molar-refractivity contribution in [3.63, 3.8) is 0 Å². The fourth-order valence-electron chi connectivity index (χ4n) is 3.38. The molecule has 1 aliphatic heterocycles. The first kappa shape index (κ1) is 19.8. The smallest absolute Gasteiger partial charge is 0.205 e. The molecule has 3 aromatic rings. The Morgan fingerprint density at radius 3 is 2.55 bits per heavy atom. The molecule has 6 nitrogen and oxygen atoms in total. The molecule has 0 radical (unpaired) electrons. The van der Waals surface area contributed by atoms with Crippen molar-refractivity contribution in [2.45, 2.75) is 6.10 Å². The van der Waals surface area contributed by atoms with Gasteiger partial charge in [0, 0.05) is 17.1 Å². The molecular formula is C21H24FN4O2S+. The molecule has 152 valence electrons. The van der Waals surface area contributed by atoms with Crippen molar-refractivity contribution in [2.24, 2.45) is 0 Å². The zero-order chi connectivity index (χ0) is 20.1. The van der Waals surface area contributed by atoms with Crippen LogP contribution in [-0.2, 0) is 0 Å². The van der Waals surface area contributed by atoms with Gasteiger partial charge in [0.25, 0.3) is 0 Å². The summed E-state index contributed by atoms with van der Waals surface area (Å²) in [5.41, 5.74) is 1.03. The van der Waals surface area contributed by atoms with Gasteiger partial charge in [-0.1, -0.05) is 30.3 Å². The van der Waals surface area contributed by atoms with Crippen molar-refractivity contribution in [3.8, 4) is 17.1 Å². The van der Waals surface area contributed by atoms with Crippen molar-refractivity contribution >= 4 is 16.7 Å². The lowest BCUT2D eigenvalue weighted by Crippen LogP contribution is -3.16. The number of benzene rings is 2. The SMILES string of the molecule is O[C@H](COc1ccc(F)cc1)C[NH+]1CCN(c2nc(-c3ccccc3)ns2)CC1. The third-order valence-electron chi connectivity index (χ3n) is 4.97. The lowest BCUT2D eigenvalue weighted by atomic mass is 10.2. The Bertz CT molecular complexity index is 899. The fraction of sp³-hybridized carbons (Fsp3) is 0.333. The van der Waals surface area contributed by atoms with Gasteiger partial charge in [0.15, 0.2) is 5.82 Å². The largest absolute Gasteiger partial charge is 0.491 e. The fourth-order valence-corrected chi connectivity index (χ4v) is 4.12. The first-order chi connectivity index (χ1) is 14.2. The number of rotatable bonds is 7. The molecule has 0 amide bonds. The Kier molecular flexibility index (Phi) is 6.33. The molecule has 8 heteroatoms. The molecule has 2 N–H and O–H groups in total. The lowest BCUT2D eigenvalue weighted by Gasteiger charge is -2.32. The number of aromatic nitrogens is 2. The zero-order valence-electron chi connectivity index (χ0n) is 16.0. The Labute approximate surface area is 173 Å². The van der Waals surface area contributed by atoms with Gasteiger partial charge in [-0.3, -0.25) is 0 Å². The maximum absolute atomic E-state index is 12.9. The van der Waals surface area contributed by atoms with Gasteiger partial charge in [0.1, 0.15) is 30.8 Å². The maximum atomic E-state index is 12.9. The van der Waals surface area contributed by atoms with Crippen LogP contribution < -0.4 is 14.5 Å². The van der Waals surface area contributed by atoms with E-state index in [0.717, 1.165) is 42.7 Å². The number of quaternary nitrogens is 1. The maximum Gasteiger partial charge on any atom is 0.205 e. The van der Waals surface area contributed by atoms with E-state index < -0.39 is 6.10 Å². The summed E-state index contributed by atoms with van der Waals surface area (Å²) >= 11 is 1.43. The summed E-state index contributed by atoms with van der Waals surface area (Å²) in [7, 11) is 0. The highest BCUT2D eigenvalue weighted by Crippen LogP contribution is 2.23. The van der Waals surface area contributed by atoms with Crippen molar-refractivity contribution in [1.29, 1.82) is 0 Å².